The highest BCUT2D eigenvalue weighted by molar-refractivity contribution is 5.24. The van der Waals surface area contributed by atoms with E-state index in [4.69, 9.17) is 5.73 Å². The molecule has 0 bridgehead atoms. The molecule has 0 saturated carbocycles. The van der Waals surface area contributed by atoms with Crippen molar-refractivity contribution >= 4 is 0 Å². The first kappa shape index (κ1) is 10.2. The summed E-state index contributed by atoms with van der Waals surface area (Å²) in [6.45, 7) is 2.99. The number of benzene rings is 1. The van der Waals surface area contributed by atoms with Crippen LogP contribution in [-0.4, -0.2) is 19.0 Å². The predicted octanol–water partition coefficient (Wildman–Crippen LogP) is 1.77. The molecular weight excluding hydrogens is 160 g/mol. The van der Waals surface area contributed by atoms with Gasteiger partial charge in [-0.3, -0.25) is 0 Å². The van der Waals surface area contributed by atoms with E-state index < -0.39 is 0 Å². The molecule has 0 aliphatic rings. The maximum Gasteiger partial charge on any atom is 0.0266 e. The minimum atomic E-state index is 0.133. The highest BCUT2D eigenvalue weighted by atomic mass is 15.0. The van der Waals surface area contributed by atoms with Gasteiger partial charge in [-0.15, -0.1) is 0 Å². The number of nitrogens with two attached hydrogens (primary N) is 1. The Balaban J connectivity index is 2.70. The Hall–Kier alpha value is -0.860. The molecule has 1 unspecified atom stereocenters. The predicted molar refractivity (Wildman–Crippen MR) is 56.4 cm³/mol. The lowest BCUT2D eigenvalue weighted by Gasteiger charge is -2.11. The van der Waals surface area contributed by atoms with Crippen molar-refractivity contribution in [2.24, 2.45) is 5.73 Å². The number of hydrogen-bond acceptors (Lipinski definition) is 2. The fourth-order valence-electron chi connectivity index (χ4n) is 1.29. The van der Waals surface area contributed by atoms with Crippen molar-refractivity contribution in [3.63, 3.8) is 0 Å². The minimum absolute atomic E-state index is 0.133. The highest BCUT2D eigenvalue weighted by Crippen LogP contribution is 2.11. The van der Waals surface area contributed by atoms with Crippen LogP contribution in [0.1, 0.15) is 24.1 Å². The van der Waals surface area contributed by atoms with Crippen LogP contribution in [0.3, 0.4) is 0 Å². The zero-order valence-electron chi connectivity index (χ0n) is 8.62. The van der Waals surface area contributed by atoms with Crippen molar-refractivity contribution in [2.45, 2.75) is 19.5 Å². The summed E-state index contributed by atoms with van der Waals surface area (Å²) in [6.07, 6.45) is 0. The topological polar surface area (TPSA) is 29.3 Å². The molecule has 0 spiro atoms. The van der Waals surface area contributed by atoms with Gasteiger partial charge < -0.3 is 10.6 Å². The van der Waals surface area contributed by atoms with Crippen LogP contribution in [0.4, 0.5) is 0 Å². The molecule has 0 saturated heterocycles. The molecule has 0 fully saturated rings. The van der Waals surface area contributed by atoms with Crippen molar-refractivity contribution in [1.29, 1.82) is 0 Å². The lowest BCUT2D eigenvalue weighted by molar-refractivity contribution is 0.402. The van der Waals surface area contributed by atoms with Crippen LogP contribution in [0.15, 0.2) is 24.3 Å². The molecule has 0 heterocycles. The van der Waals surface area contributed by atoms with Crippen LogP contribution in [0.2, 0.25) is 0 Å². The quantitative estimate of drug-likeness (QED) is 0.764. The third-order valence-electron chi connectivity index (χ3n) is 2.00. The minimum Gasteiger partial charge on any atom is -0.324 e. The van der Waals surface area contributed by atoms with Crippen molar-refractivity contribution < 1.29 is 0 Å². The van der Waals surface area contributed by atoms with E-state index in [1.165, 1.54) is 11.1 Å². The molecule has 13 heavy (non-hydrogen) atoms. The Kier molecular flexibility index (Phi) is 3.46. The van der Waals surface area contributed by atoms with Crippen molar-refractivity contribution in [2.75, 3.05) is 14.1 Å². The molecule has 0 amide bonds. The largest absolute Gasteiger partial charge is 0.324 e. The second-order valence-corrected chi connectivity index (χ2v) is 3.77. The van der Waals surface area contributed by atoms with Gasteiger partial charge in [0.25, 0.3) is 0 Å². The van der Waals surface area contributed by atoms with Crippen LogP contribution in [0.5, 0.6) is 0 Å². The first-order valence-electron chi connectivity index (χ1n) is 4.58. The molecule has 0 aromatic heterocycles. The van der Waals surface area contributed by atoms with Gasteiger partial charge in [-0.1, -0.05) is 24.3 Å². The summed E-state index contributed by atoms with van der Waals surface area (Å²) in [7, 11) is 4.14. The first-order valence-corrected chi connectivity index (χ1v) is 4.58. The summed E-state index contributed by atoms with van der Waals surface area (Å²) in [5.41, 5.74) is 8.28. The average molecular weight is 178 g/mol. The molecule has 2 nitrogen and oxygen atoms in total. The van der Waals surface area contributed by atoms with Gasteiger partial charge in [-0.05, 0) is 32.1 Å². The first-order chi connectivity index (χ1) is 6.09. The normalized spacial score (nSPS) is 13.3. The molecule has 0 radical (unpaired) electrons. The third-order valence-corrected chi connectivity index (χ3v) is 2.00. The smallest absolute Gasteiger partial charge is 0.0266 e. The fourth-order valence-corrected chi connectivity index (χ4v) is 1.29. The lowest BCUT2D eigenvalue weighted by atomic mass is 10.1. The van der Waals surface area contributed by atoms with Gasteiger partial charge >= 0.3 is 0 Å². The van der Waals surface area contributed by atoms with E-state index >= 15 is 0 Å². The van der Waals surface area contributed by atoms with E-state index in [0.717, 1.165) is 6.54 Å². The third kappa shape index (κ3) is 3.17. The van der Waals surface area contributed by atoms with E-state index in [1.807, 2.05) is 6.92 Å². The fraction of sp³-hybridized carbons (Fsp3) is 0.455. The Labute approximate surface area is 80.4 Å². The summed E-state index contributed by atoms with van der Waals surface area (Å²) < 4.78 is 0. The van der Waals surface area contributed by atoms with Gasteiger partial charge in [0.1, 0.15) is 0 Å². The average Bonchev–Trinajstić information content (AvgIpc) is 2.04. The Morgan fingerprint density at radius 2 is 1.77 bits per heavy atom. The molecule has 1 rings (SSSR count). The van der Waals surface area contributed by atoms with Crippen LogP contribution < -0.4 is 5.73 Å². The Morgan fingerprint density at radius 3 is 2.15 bits per heavy atom. The standard InChI is InChI=1S/C11H18N2/c1-9(12)11-6-4-10(5-7-11)8-13(2)3/h4-7,9H,8,12H2,1-3H3. The molecule has 1 aromatic rings. The van der Waals surface area contributed by atoms with Gasteiger partial charge in [0.15, 0.2) is 0 Å². The van der Waals surface area contributed by atoms with E-state index in [0.29, 0.717) is 0 Å². The van der Waals surface area contributed by atoms with E-state index in [2.05, 4.69) is 43.3 Å². The second kappa shape index (κ2) is 4.40. The van der Waals surface area contributed by atoms with Crippen molar-refractivity contribution in [1.82, 2.24) is 4.90 Å². The number of rotatable bonds is 3. The lowest BCUT2D eigenvalue weighted by Crippen LogP contribution is -2.11. The summed E-state index contributed by atoms with van der Waals surface area (Å²) in [5, 5.41) is 0. The second-order valence-electron chi connectivity index (χ2n) is 3.77. The van der Waals surface area contributed by atoms with Crippen LogP contribution >= 0.6 is 0 Å². The summed E-state index contributed by atoms with van der Waals surface area (Å²) in [4.78, 5) is 2.15. The van der Waals surface area contributed by atoms with Crippen molar-refractivity contribution in [3.8, 4) is 0 Å². The SMILES string of the molecule is CC(N)c1ccc(CN(C)C)cc1. The summed E-state index contributed by atoms with van der Waals surface area (Å²) >= 11 is 0. The number of nitrogens with zero attached hydrogens (tertiary/aromatic N) is 1. The van der Waals surface area contributed by atoms with Crippen LogP contribution in [0, 0.1) is 0 Å². The summed E-state index contributed by atoms with van der Waals surface area (Å²) in [6, 6.07) is 8.61. The Morgan fingerprint density at radius 1 is 1.23 bits per heavy atom. The molecule has 0 aliphatic carbocycles. The van der Waals surface area contributed by atoms with Crippen LogP contribution in [-0.2, 0) is 6.54 Å². The van der Waals surface area contributed by atoms with E-state index in [-0.39, 0.29) is 6.04 Å². The summed E-state index contributed by atoms with van der Waals surface area (Å²) in [5.74, 6) is 0. The van der Waals surface area contributed by atoms with Gasteiger partial charge in [-0.2, -0.15) is 0 Å². The molecule has 72 valence electrons. The van der Waals surface area contributed by atoms with Crippen molar-refractivity contribution in [3.05, 3.63) is 35.4 Å². The Bertz CT molecular complexity index is 249. The van der Waals surface area contributed by atoms with Gasteiger partial charge in [0.05, 0.1) is 0 Å². The monoisotopic (exact) mass is 178 g/mol. The zero-order valence-corrected chi connectivity index (χ0v) is 8.62. The van der Waals surface area contributed by atoms with Gasteiger partial charge in [0, 0.05) is 12.6 Å². The van der Waals surface area contributed by atoms with Gasteiger partial charge in [-0.25, -0.2) is 0 Å². The molecule has 1 atom stereocenters. The zero-order chi connectivity index (χ0) is 9.84. The molecule has 1 aromatic carbocycles. The highest BCUT2D eigenvalue weighted by Gasteiger charge is 1.99. The van der Waals surface area contributed by atoms with Crippen LogP contribution in [0.25, 0.3) is 0 Å². The van der Waals surface area contributed by atoms with E-state index in [1.54, 1.807) is 0 Å². The molecule has 2 heteroatoms. The molecule has 2 N–H and O–H groups in total. The van der Waals surface area contributed by atoms with Gasteiger partial charge in [0.2, 0.25) is 0 Å². The van der Waals surface area contributed by atoms with E-state index in [9.17, 15) is 0 Å². The molecular formula is C11H18N2. The maximum absolute atomic E-state index is 5.75. The number of hydrogen-bond donors (Lipinski definition) is 1. The molecule has 0 aliphatic heterocycles. The maximum atomic E-state index is 5.75.